The third-order valence-corrected chi connectivity index (χ3v) is 5.68. The Labute approximate surface area is 222 Å². The van der Waals surface area contributed by atoms with Crippen molar-refractivity contribution in [2.24, 2.45) is 0 Å². The van der Waals surface area contributed by atoms with E-state index in [1.165, 1.54) is 0 Å². The number of hydrogen-bond donors (Lipinski definition) is 1. The zero-order valence-corrected chi connectivity index (χ0v) is 22.1. The fourth-order valence-electron chi connectivity index (χ4n) is 3.60. The molecule has 4 rings (SSSR count). The first-order valence-corrected chi connectivity index (χ1v) is 12.8. The molecule has 194 valence electrons. The number of ether oxygens (including phenoxy) is 3. The van der Waals surface area contributed by atoms with Crippen molar-refractivity contribution in [1.29, 1.82) is 0 Å². The molecule has 0 aliphatic rings. The summed E-state index contributed by atoms with van der Waals surface area (Å²) in [6.07, 6.45) is 0.0836. The lowest BCUT2D eigenvalue weighted by molar-refractivity contribution is -0.145. The number of fused-ring (bicyclic) bond motifs is 1. The van der Waals surface area contributed by atoms with Crippen molar-refractivity contribution in [2.45, 2.75) is 52.9 Å². The number of pyridine rings is 1. The quantitative estimate of drug-likeness (QED) is 0.218. The summed E-state index contributed by atoms with van der Waals surface area (Å²) < 4.78 is 17.7. The van der Waals surface area contributed by atoms with Crippen LogP contribution in [-0.2, 0) is 18.0 Å². The van der Waals surface area contributed by atoms with Gasteiger partial charge >= 0.3 is 5.97 Å². The normalized spacial score (nSPS) is 11.2. The van der Waals surface area contributed by atoms with Gasteiger partial charge in [0.1, 0.15) is 30.5 Å². The van der Waals surface area contributed by atoms with Crippen LogP contribution in [0.15, 0.2) is 78.9 Å². The first kappa shape index (κ1) is 27.8. The largest absolute Gasteiger partial charge is 0.489 e. The monoisotopic (exact) mass is 521 g/mol. The number of carboxylic acid groups (broad SMARTS) is 1. The number of aromatic nitrogens is 1. The Hall–Kier alpha value is -3.77. The van der Waals surface area contributed by atoms with E-state index in [4.69, 9.17) is 25.8 Å². The highest BCUT2D eigenvalue weighted by Gasteiger charge is 2.21. The number of aliphatic carboxylic acids is 1. The van der Waals surface area contributed by atoms with Crippen LogP contribution >= 0.6 is 11.6 Å². The molecule has 1 heterocycles. The maximum atomic E-state index is 11.5. The highest BCUT2D eigenvalue weighted by Crippen LogP contribution is 2.32. The molecule has 0 bridgehead atoms. The fraction of sp³-hybridized carbons (Fsp3) is 0.267. The number of halogens is 1. The van der Waals surface area contributed by atoms with Crippen molar-refractivity contribution in [3.05, 3.63) is 95.1 Å². The van der Waals surface area contributed by atoms with Gasteiger partial charge in [0.15, 0.2) is 6.10 Å². The van der Waals surface area contributed by atoms with Crippen molar-refractivity contribution in [3.8, 4) is 17.2 Å². The van der Waals surface area contributed by atoms with Crippen molar-refractivity contribution in [1.82, 2.24) is 4.98 Å². The summed E-state index contributed by atoms with van der Waals surface area (Å²) in [6.45, 7) is 6.39. The first-order valence-electron chi connectivity index (χ1n) is 12.4. The zero-order chi connectivity index (χ0) is 26.6. The minimum Gasteiger partial charge on any atom is -0.489 e. The Bertz CT molecular complexity index is 1310. The Morgan fingerprint density at radius 1 is 0.919 bits per heavy atom. The molecule has 1 aromatic heterocycles. The molecule has 3 aromatic carbocycles. The van der Waals surface area contributed by atoms with Crippen molar-refractivity contribution in [2.75, 3.05) is 0 Å². The van der Waals surface area contributed by atoms with Gasteiger partial charge < -0.3 is 19.3 Å². The third kappa shape index (κ3) is 7.86. The summed E-state index contributed by atoms with van der Waals surface area (Å²) in [5.74, 6) is 0.548. The van der Waals surface area contributed by atoms with E-state index >= 15 is 0 Å². The first-order chi connectivity index (χ1) is 18.0. The Morgan fingerprint density at radius 3 is 2.35 bits per heavy atom. The molecule has 0 saturated heterocycles. The molecule has 6 nitrogen and oxygen atoms in total. The van der Waals surface area contributed by atoms with E-state index < -0.39 is 12.1 Å². The number of benzene rings is 3. The van der Waals surface area contributed by atoms with E-state index in [-0.39, 0.29) is 6.61 Å². The molecule has 0 aliphatic heterocycles. The minimum atomic E-state index is -1.02. The molecule has 4 aromatic rings. The van der Waals surface area contributed by atoms with Crippen LogP contribution in [0.2, 0.25) is 5.02 Å². The summed E-state index contributed by atoms with van der Waals surface area (Å²) in [5, 5.41) is 10.9. The smallest absolute Gasteiger partial charge is 0.344 e. The van der Waals surface area contributed by atoms with Gasteiger partial charge in [0.05, 0.1) is 16.2 Å². The Kier molecular flexibility index (Phi) is 10.6. The van der Waals surface area contributed by atoms with E-state index in [9.17, 15) is 9.90 Å². The SMILES string of the molecule is CC.CCCC(Oc1c(Cl)cccc1COc1cccc(OCc2ccc3ccccc3n2)c1)C(=O)O. The van der Waals surface area contributed by atoms with Gasteiger partial charge in [-0.15, -0.1) is 0 Å². The van der Waals surface area contributed by atoms with Crippen LogP contribution in [0.25, 0.3) is 10.9 Å². The molecule has 1 N–H and O–H groups in total. The van der Waals surface area contributed by atoms with E-state index in [0.717, 1.165) is 16.6 Å². The number of nitrogens with zero attached hydrogens (tertiary/aromatic N) is 1. The second-order valence-electron chi connectivity index (χ2n) is 8.01. The number of carboxylic acids is 1. The lowest BCUT2D eigenvalue weighted by Crippen LogP contribution is -2.27. The number of hydrogen-bond acceptors (Lipinski definition) is 5. The molecule has 7 heteroatoms. The zero-order valence-electron chi connectivity index (χ0n) is 21.3. The van der Waals surface area contributed by atoms with E-state index in [1.54, 1.807) is 24.3 Å². The number of carbonyl (C=O) groups is 1. The van der Waals surface area contributed by atoms with Crippen molar-refractivity contribution >= 4 is 28.5 Å². The summed E-state index contributed by atoms with van der Waals surface area (Å²) in [7, 11) is 0. The maximum absolute atomic E-state index is 11.5. The predicted octanol–water partition coefficient (Wildman–Crippen LogP) is 7.70. The highest BCUT2D eigenvalue weighted by molar-refractivity contribution is 6.32. The van der Waals surface area contributed by atoms with Crippen molar-refractivity contribution in [3.63, 3.8) is 0 Å². The molecule has 0 amide bonds. The van der Waals surface area contributed by atoms with E-state index in [1.807, 2.05) is 75.4 Å². The molecule has 37 heavy (non-hydrogen) atoms. The fourth-order valence-corrected chi connectivity index (χ4v) is 3.84. The predicted molar refractivity (Wildman–Crippen MR) is 147 cm³/mol. The second-order valence-corrected chi connectivity index (χ2v) is 8.42. The van der Waals surface area contributed by atoms with Gasteiger partial charge in [0.2, 0.25) is 0 Å². The molecule has 1 unspecified atom stereocenters. The lowest BCUT2D eigenvalue weighted by atomic mass is 10.2. The average molecular weight is 522 g/mol. The average Bonchev–Trinajstić information content (AvgIpc) is 2.93. The summed E-state index contributed by atoms with van der Waals surface area (Å²) >= 11 is 6.32. The van der Waals surface area contributed by atoms with E-state index in [2.05, 4.69) is 4.98 Å². The second kappa shape index (κ2) is 14.1. The van der Waals surface area contributed by atoms with Gasteiger partial charge in [0.25, 0.3) is 0 Å². The maximum Gasteiger partial charge on any atom is 0.344 e. The Morgan fingerprint density at radius 2 is 1.62 bits per heavy atom. The lowest BCUT2D eigenvalue weighted by Gasteiger charge is -2.18. The van der Waals surface area contributed by atoms with Gasteiger partial charge in [-0.3, -0.25) is 0 Å². The highest BCUT2D eigenvalue weighted by atomic mass is 35.5. The van der Waals surface area contributed by atoms with Crippen LogP contribution in [0.1, 0.15) is 44.9 Å². The topological polar surface area (TPSA) is 77.9 Å². The van der Waals surface area contributed by atoms with Gasteiger partial charge in [-0.05, 0) is 36.8 Å². The molecule has 0 spiro atoms. The van der Waals surface area contributed by atoms with Crippen LogP contribution in [0.3, 0.4) is 0 Å². The molecule has 0 aliphatic carbocycles. The molecule has 0 fully saturated rings. The minimum absolute atomic E-state index is 0.157. The summed E-state index contributed by atoms with van der Waals surface area (Å²) in [4.78, 5) is 16.2. The Balaban J connectivity index is 0.00000186. The van der Waals surface area contributed by atoms with Crippen LogP contribution in [0.5, 0.6) is 17.2 Å². The number of para-hydroxylation sites is 2. The molecule has 0 saturated carbocycles. The number of rotatable bonds is 11. The van der Waals surface area contributed by atoms with E-state index in [0.29, 0.717) is 47.3 Å². The van der Waals surface area contributed by atoms with Gasteiger partial charge in [-0.25, -0.2) is 9.78 Å². The molecular weight excluding hydrogens is 490 g/mol. The summed E-state index contributed by atoms with van der Waals surface area (Å²) in [6, 6.07) is 24.5. The van der Waals surface area contributed by atoms with Crippen molar-refractivity contribution < 1.29 is 24.1 Å². The molecular formula is C30H32ClNO5. The standard InChI is InChI=1S/C28H26ClNO5.C2H6/c1-2-7-26(28(31)32)35-27-20(9-5-12-24(27)29)17-33-22-10-6-11-23(16-22)34-18-21-15-14-19-8-3-4-13-25(19)30-21;1-2/h3-6,8-16,26H,2,7,17-18H2,1H3,(H,31,32);1-2H3. The van der Waals surface area contributed by atoms with Gasteiger partial charge in [-0.2, -0.15) is 0 Å². The van der Waals surface area contributed by atoms with Gasteiger partial charge in [0, 0.05) is 17.0 Å². The molecule has 1 atom stereocenters. The molecule has 0 radical (unpaired) electrons. The van der Waals surface area contributed by atoms with Crippen LogP contribution in [-0.4, -0.2) is 22.2 Å². The van der Waals surface area contributed by atoms with Crippen LogP contribution < -0.4 is 14.2 Å². The summed E-state index contributed by atoms with van der Waals surface area (Å²) in [5.41, 5.74) is 2.41. The van der Waals surface area contributed by atoms with Gasteiger partial charge in [-0.1, -0.05) is 81.3 Å². The third-order valence-electron chi connectivity index (χ3n) is 5.38. The van der Waals surface area contributed by atoms with Crippen LogP contribution in [0, 0.1) is 0 Å². The van der Waals surface area contributed by atoms with Crippen LogP contribution in [0.4, 0.5) is 0 Å².